The maximum atomic E-state index is 12.0. The molecule has 1 aromatic heterocycles. The quantitative estimate of drug-likeness (QED) is 0.658. The molecule has 2 N–H and O–H groups in total. The highest BCUT2D eigenvalue weighted by Crippen LogP contribution is 2.23. The van der Waals surface area contributed by atoms with E-state index in [1.54, 1.807) is 0 Å². The minimum Gasteiger partial charge on any atom is -0.349 e. The maximum absolute atomic E-state index is 12.0. The molecule has 1 fully saturated rings. The Bertz CT molecular complexity index is 474. The summed E-state index contributed by atoms with van der Waals surface area (Å²) in [5.74, 6) is 0.189. The number of carbonyl (C=O) groups excluding carboxylic acids is 1. The molecule has 0 radical (unpaired) electrons. The predicted molar refractivity (Wildman–Crippen MR) is 80.7 cm³/mol. The number of nitro groups is 1. The minimum absolute atomic E-state index is 0. The largest absolute Gasteiger partial charge is 0.349 e. The van der Waals surface area contributed by atoms with E-state index in [2.05, 4.69) is 10.6 Å². The lowest BCUT2D eigenvalue weighted by Gasteiger charge is -2.28. The molecule has 0 aromatic carbocycles. The van der Waals surface area contributed by atoms with Crippen LogP contribution in [0.5, 0.6) is 0 Å². The molecule has 1 aliphatic heterocycles. The van der Waals surface area contributed by atoms with Crippen LogP contribution in [0.1, 0.15) is 30.1 Å². The van der Waals surface area contributed by atoms with Gasteiger partial charge in [0, 0.05) is 17.5 Å². The Kier molecular flexibility index (Phi) is 6.38. The van der Waals surface area contributed by atoms with E-state index in [-0.39, 0.29) is 29.4 Å². The van der Waals surface area contributed by atoms with Crippen molar-refractivity contribution in [2.45, 2.75) is 25.8 Å². The first-order valence-corrected chi connectivity index (χ1v) is 7.20. The van der Waals surface area contributed by atoms with Gasteiger partial charge in [-0.1, -0.05) is 11.3 Å². The molecule has 1 aromatic rings. The van der Waals surface area contributed by atoms with E-state index >= 15 is 0 Å². The fourth-order valence-electron chi connectivity index (χ4n) is 2.25. The summed E-state index contributed by atoms with van der Waals surface area (Å²) in [5.41, 5.74) is 0.368. The number of piperidine rings is 1. The molecule has 112 valence electrons. The molecule has 1 amide bonds. The summed E-state index contributed by atoms with van der Waals surface area (Å²) in [6.07, 6.45) is 2.22. The Balaban J connectivity index is 0.00000200. The van der Waals surface area contributed by atoms with Gasteiger partial charge in [-0.2, -0.15) is 0 Å². The molecule has 2 rings (SSSR count). The molecule has 2 unspecified atom stereocenters. The summed E-state index contributed by atoms with van der Waals surface area (Å²) in [6.45, 7) is 3.93. The second-order valence-electron chi connectivity index (χ2n) is 4.80. The van der Waals surface area contributed by atoms with Crippen LogP contribution < -0.4 is 10.6 Å². The van der Waals surface area contributed by atoms with E-state index in [0.29, 0.717) is 11.5 Å². The van der Waals surface area contributed by atoms with Gasteiger partial charge in [0.25, 0.3) is 5.91 Å². The van der Waals surface area contributed by atoms with Crippen LogP contribution in [0.4, 0.5) is 5.00 Å². The van der Waals surface area contributed by atoms with Crippen molar-refractivity contribution in [3.05, 3.63) is 27.1 Å². The van der Waals surface area contributed by atoms with E-state index in [0.717, 1.165) is 37.3 Å². The van der Waals surface area contributed by atoms with Crippen molar-refractivity contribution in [2.75, 3.05) is 13.1 Å². The highest BCUT2D eigenvalue weighted by atomic mass is 35.5. The summed E-state index contributed by atoms with van der Waals surface area (Å²) in [6, 6.07) is 1.39. The SMILES string of the molecule is CC(NC(=O)c1csc([N+](=O)[O-])c1)C1CCCNC1.Cl. The second-order valence-corrected chi connectivity index (χ2v) is 5.69. The molecule has 0 spiro atoms. The monoisotopic (exact) mass is 319 g/mol. The van der Waals surface area contributed by atoms with E-state index in [1.165, 1.54) is 11.4 Å². The zero-order chi connectivity index (χ0) is 13.8. The maximum Gasteiger partial charge on any atom is 0.324 e. The summed E-state index contributed by atoms with van der Waals surface area (Å²) in [4.78, 5) is 22.1. The Morgan fingerprint density at radius 1 is 1.65 bits per heavy atom. The van der Waals surface area contributed by atoms with Crippen LogP contribution in [-0.2, 0) is 0 Å². The van der Waals surface area contributed by atoms with Gasteiger partial charge in [0.15, 0.2) is 0 Å². The van der Waals surface area contributed by atoms with Gasteiger partial charge in [-0.15, -0.1) is 12.4 Å². The highest BCUT2D eigenvalue weighted by Gasteiger charge is 2.23. The normalized spacial score (nSPS) is 19.8. The zero-order valence-electron chi connectivity index (χ0n) is 11.1. The molecule has 0 aliphatic carbocycles. The van der Waals surface area contributed by atoms with Crippen molar-refractivity contribution in [1.82, 2.24) is 10.6 Å². The number of halogens is 1. The Hall–Kier alpha value is -1.18. The summed E-state index contributed by atoms with van der Waals surface area (Å²) >= 11 is 0.976. The van der Waals surface area contributed by atoms with Crippen LogP contribution in [0.2, 0.25) is 0 Å². The van der Waals surface area contributed by atoms with Crippen molar-refractivity contribution < 1.29 is 9.72 Å². The third-order valence-corrected chi connectivity index (χ3v) is 4.31. The van der Waals surface area contributed by atoms with Crippen molar-refractivity contribution in [3.63, 3.8) is 0 Å². The number of nitrogens with zero attached hydrogens (tertiary/aromatic N) is 1. The molecule has 0 bridgehead atoms. The van der Waals surface area contributed by atoms with Gasteiger partial charge in [0.1, 0.15) is 0 Å². The van der Waals surface area contributed by atoms with Gasteiger partial charge in [-0.3, -0.25) is 14.9 Å². The Morgan fingerprint density at radius 2 is 2.40 bits per heavy atom. The van der Waals surface area contributed by atoms with Crippen molar-refractivity contribution >= 4 is 34.7 Å². The average Bonchev–Trinajstić information content (AvgIpc) is 2.89. The standard InChI is InChI=1S/C12H17N3O3S.ClH/c1-8(9-3-2-4-13-6-9)14-12(16)10-5-11(15(17)18)19-7-10;/h5,7-9,13H,2-4,6H2,1H3,(H,14,16);1H. The van der Waals surface area contributed by atoms with Crippen molar-refractivity contribution in [1.29, 1.82) is 0 Å². The number of carbonyl (C=O) groups is 1. The van der Waals surface area contributed by atoms with Gasteiger partial charge in [-0.25, -0.2) is 0 Å². The molecule has 1 saturated heterocycles. The van der Waals surface area contributed by atoms with Gasteiger partial charge >= 0.3 is 5.00 Å². The number of rotatable bonds is 4. The third kappa shape index (κ3) is 4.16. The van der Waals surface area contributed by atoms with Crippen molar-refractivity contribution in [2.24, 2.45) is 5.92 Å². The number of thiophene rings is 1. The van der Waals surface area contributed by atoms with Crippen molar-refractivity contribution in [3.8, 4) is 0 Å². The first-order valence-electron chi connectivity index (χ1n) is 6.32. The second kappa shape index (κ2) is 7.56. The molecular formula is C12H18ClN3O3S. The molecule has 20 heavy (non-hydrogen) atoms. The van der Waals surface area contributed by atoms with Crippen LogP contribution in [0, 0.1) is 16.0 Å². The van der Waals surface area contributed by atoms with Gasteiger partial charge in [-0.05, 0) is 38.8 Å². The lowest BCUT2D eigenvalue weighted by Crippen LogP contribution is -2.44. The number of amides is 1. The lowest BCUT2D eigenvalue weighted by atomic mass is 9.93. The van der Waals surface area contributed by atoms with E-state index in [4.69, 9.17) is 0 Å². The first kappa shape index (κ1) is 16.9. The van der Waals surface area contributed by atoms with Crippen LogP contribution in [0.15, 0.2) is 11.4 Å². The molecular weight excluding hydrogens is 302 g/mol. The average molecular weight is 320 g/mol. The lowest BCUT2D eigenvalue weighted by molar-refractivity contribution is -0.380. The number of hydrogen-bond donors (Lipinski definition) is 2. The number of nitrogens with one attached hydrogen (secondary N) is 2. The topological polar surface area (TPSA) is 84.3 Å². The summed E-state index contributed by atoms with van der Waals surface area (Å²) in [7, 11) is 0. The van der Waals surface area contributed by atoms with Gasteiger partial charge in [0.2, 0.25) is 0 Å². The Labute approximate surface area is 127 Å². The number of hydrogen-bond acceptors (Lipinski definition) is 5. The minimum atomic E-state index is -0.476. The summed E-state index contributed by atoms with van der Waals surface area (Å²) < 4.78 is 0. The van der Waals surface area contributed by atoms with Gasteiger partial charge < -0.3 is 10.6 Å². The molecule has 1 aliphatic rings. The molecule has 8 heteroatoms. The van der Waals surface area contributed by atoms with Crippen LogP contribution >= 0.6 is 23.7 Å². The fourth-order valence-corrected chi connectivity index (χ4v) is 2.96. The predicted octanol–water partition coefficient (Wildman–Crippen LogP) is 2.20. The van der Waals surface area contributed by atoms with Crippen LogP contribution in [-0.4, -0.2) is 30.0 Å². The Morgan fingerprint density at radius 3 is 2.95 bits per heavy atom. The first-order chi connectivity index (χ1) is 9.08. The highest BCUT2D eigenvalue weighted by molar-refractivity contribution is 7.13. The molecule has 2 atom stereocenters. The molecule has 0 saturated carbocycles. The summed E-state index contributed by atoms with van der Waals surface area (Å²) in [5, 5.41) is 18.3. The molecule has 2 heterocycles. The smallest absolute Gasteiger partial charge is 0.324 e. The van der Waals surface area contributed by atoms with Crippen LogP contribution in [0.25, 0.3) is 0 Å². The fraction of sp³-hybridized carbons (Fsp3) is 0.583. The van der Waals surface area contributed by atoms with E-state index in [1.807, 2.05) is 6.92 Å². The van der Waals surface area contributed by atoms with Crippen LogP contribution in [0.3, 0.4) is 0 Å². The van der Waals surface area contributed by atoms with E-state index in [9.17, 15) is 14.9 Å². The third-order valence-electron chi connectivity index (χ3n) is 3.43. The molecule has 6 nitrogen and oxygen atoms in total. The zero-order valence-corrected chi connectivity index (χ0v) is 12.8. The van der Waals surface area contributed by atoms with Gasteiger partial charge in [0.05, 0.1) is 10.5 Å². The van der Waals surface area contributed by atoms with E-state index < -0.39 is 4.92 Å².